The molecule has 4 nitrogen and oxygen atoms in total. The van der Waals surface area contributed by atoms with E-state index in [1.165, 1.54) is 25.7 Å². The molecule has 1 saturated carbocycles. The predicted octanol–water partition coefficient (Wildman–Crippen LogP) is 2.30. The van der Waals surface area contributed by atoms with Crippen molar-refractivity contribution in [1.82, 2.24) is 9.97 Å². The predicted molar refractivity (Wildman–Crippen MR) is 66.1 cm³/mol. The number of nitrogens with zero attached hydrogens (tertiary/aromatic N) is 2. The minimum Gasteiger partial charge on any atom is -0.382 e. The third-order valence-electron chi connectivity index (χ3n) is 3.36. The van der Waals surface area contributed by atoms with Crippen molar-refractivity contribution in [3.63, 3.8) is 0 Å². The van der Waals surface area contributed by atoms with Crippen molar-refractivity contribution >= 4 is 11.6 Å². The lowest BCUT2D eigenvalue weighted by molar-refractivity contribution is 0.300. The van der Waals surface area contributed by atoms with Crippen LogP contribution in [0.5, 0.6) is 0 Å². The summed E-state index contributed by atoms with van der Waals surface area (Å²) in [5.41, 5.74) is 5.57. The first-order valence-electron chi connectivity index (χ1n) is 6.05. The number of aromatic nitrogens is 2. The third-order valence-corrected chi connectivity index (χ3v) is 3.36. The van der Waals surface area contributed by atoms with Crippen LogP contribution in [0.1, 0.15) is 32.6 Å². The molecular weight excluding hydrogens is 200 g/mol. The molecule has 1 aliphatic rings. The average Bonchev–Trinajstić information content (AvgIpc) is 2.28. The molecule has 4 heteroatoms. The van der Waals surface area contributed by atoms with Crippen LogP contribution < -0.4 is 11.1 Å². The van der Waals surface area contributed by atoms with Gasteiger partial charge in [0, 0.05) is 6.54 Å². The van der Waals surface area contributed by atoms with Crippen LogP contribution in [0.4, 0.5) is 11.6 Å². The van der Waals surface area contributed by atoms with Gasteiger partial charge in [-0.2, -0.15) is 0 Å². The zero-order chi connectivity index (χ0) is 11.4. The quantitative estimate of drug-likeness (QED) is 0.820. The highest BCUT2D eigenvalue weighted by atomic mass is 15.0. The van der Waals surface area contributed by atoms with E-state index in [9.17, 15) is 0 Å². The molecule has 0 radical (unpaired) electrons. The van der Waals surface area contributed by atoms with Gasteiger partial charge in [-0.25, -0.2) is 4.98 Å². The molecule has 0 unspecified atom stereocenters. The zero-order valence-corrected chi connectivity index (χ0v) is 9.82. The van der Waals surface area contributed by atoms with Crippen molar-refractivity contribution in [1.29, 1.82) is 0 Å². The Morgan fingerprint density at radius 1 is 1.31 bits per heavy atom. The van der Waals surface area contributed by atoms with Crippen LogP contribution in [0.2, 0.25) is 0 Å². The Bertz CT molecular complexity index is 332. The van der Waals surface area contributed by atoms with E-state index in [4.69, 9.17) is 5.73 Å². The van der Waals surface area contributed by atoms with Gasteiger partial charge < -0.3 is 11.1 Å². The van der Waals surface area contributed by atoms with E-state index in [1.54, 1.807) is 12.4 Å². The maximum absolute atomic E-state index is 5.57. The largest absolute Gasteiger partial charge is 0.382 e. The van der Waals surface area contributed by atoms with E-state index in [-0.39, 0.29) is 0 Å². The maximum atomic E-state index is 5.57. The van der Waals surface area contributed by atoms with Crippen molar-refractivity contribution in [2.24, 2.45) is 11.8 Å². The molecule has 0 atom stereocenters. The summed E-state index contributed by atoms with van der Waals surface area (Å²) in [5, 5.41) is 3.32. The molecule has 0 bridgehead atoms. The van der Waals surface area contributed by atoms with E-state index < -0.39 is 0 Å². The highest BCUT2D eigenvalue weighted by Gasteiger charge is 2.17. The highest BCUT2D eigenvalue weighted by molar-refractivity contribution is 5.38. The van der Waals surface area contributed by atoms with Gasteiger partial charge in [0.2, 0.25) is 0 Å². The summed E-state index contributed by atoms with van der Waals surface area (Å²) in [6.45, 7) is 3.33. The van der Waals surface area contributed by atoms with Crippen LogP contribution in [0, 0.1) is 11.8 Å². The Balaban J connectivity index is 1.79. The standard InChI is InChI=1S/C12H20N4/c1-9-2-4-10(5-3-9)6-15-12-8-14-7-11(13)16-12/h7-10H,2-6H2,1H3,(H3,13,15,16). The molecule has 1 heterocycles. The van der Waals surface area contributed by atoms with Crippen LogP contribution in [0.15, 0.2) is 12.4 Å². The van der Waals surface area contributed by atoms with Gasteiger partial charge in [0.05, 0.1) is 12.4 Å². The van der Waals surface area contributed by atoms with Gasteiger partial charge in [-0.3, -0.25) is 4.98 Å². The maximum Gasteiger partial charge on any atom is 0.146 e. The molecule has 1 aromatic heterocycles. The van der Waals surface area contributed by atoms with Crippen LogP contribution in [0.25, 0.3) is 0 Å². The molecule has 1 aliphatic carbocycles. The normalized spacial score (nSPS) is 25.3. The van der Waals surface area contributed by atoms with Crippen molar-refractivity contribution in [2.75, 3.05) is 17.6 Å². The highest BCUT2D eigenvalue weighted by Crippen LogP contribution is 2.28. The monoisotopic (exact) mass is 220 g/mol. The Hall–Kier alpha value is -1.32. The minimum atomic E-state index is 0.474. The molecule has 2 rings (SSSR count). The molecule has 0 aliphatic heterocycles. The number of hydrogen-bond donors (Lipinski definition) is 2. The fourth-order valence-corrected chi connectivity index (χ4v) is 2.25. The number of nitrogens with two attached hydrogens (primary N) is 1. The number of anilines is 2. The van der Waals surface area contributed by atoms with Crippen molar-refractivity contribution in [3.05, 3.63) is 12.4 Å². The smallest absolute Gasteiger partial charge is 0.146 e. The van der Waals surface area contributed by atoms with Gasteiger partial charge in [-0.15, -0.1) is 0 Å². The summed E-state index contributed by atoms with van der Waals surface area (Å²) < 4.78 is 0. The van der Waals surface area contributed by atoms with E-state index in [0.717, 1.165) is 24.2 Å². The molecule has 0 aromatic carbocycles. The van der Waals surface area contributed by atoms with E-state index in [2.05, 4.69) is 22.2 Å². The van der Waals surface area contributed by atoms with E-state index in [1.807, 2.05) is 0 Å². The first kappa shape index (κ1) is 11.2. The number of hydrogen-bond acceptors (Lipinski definition) is 4. The Labute approximate surface area is 96.7 Å². The summed E-state index contributed by atoms with van der Waals surface area (Å²) in [4.78, 5) is 8.19. The summed E-state index contributed by atoms with van der Waals surface area (Å²) in [6, 6.07) is 0. The molecule has 0 amide bonds. The summed E-state index contributed by atoms with van der Waals surface area (Å²) in [6.07, 6.45) is 8.65. The molecule has 88 valence electrons. The van der Waals surface area contributed by atoms with Crippen molar-refractivity contribution in [3.8, 4) is 0 Å². The third kappa shape index (κ3) is 3.08. The molecular formula is C12H20N4. The fourth-order valence-electron chi connectivity index (χ4n) is 2.25. The lowest BCUT2D eigenvalue weighted by atomic mass is 9.83. The van der Waals surface area contributed by atoms with Gasteiger partial charge in [-0.05, 0) is 24.7 Å². The van der Waals surface area contributed by atoms with Gasteiger partial charge >= 0.3 is 0 Å². The second-order valence-electron chi connectivity index (χ2n) is 4.84. The van der Waals surface area contributed by atoms with E-state index in [0.29, 0.717) is 5.82 Å². The lowest BCUT2D eigenvalue weighted by Crippen LogP contribution is -2.20. The Kier molecular flexibility index (Phi) is 3.59. The fraction of sp³-hybridized carbons (Fsp3) is 0.667. The SMILES string of the molecule is CC1CCC(CNc2cncc(N)n2)CC1. The number of nitrogen functional groups attached to an aromatic ring is 1. The van der Waals surface area contributed by atoms with Crippen LogP contribution in [-0.2, 0) is 0 Å². The minimum absolute atomic E-state index is 0.474. The van der Waals surface area contributed by atoms with E-state index >= 15 is 0 Å². The zero-order valence-electron chi connectivity index (χ0n) is 9.82. The Morgan fingerprint density at radius 3 is 2.75 bits per heavy atom. The first-order chi connectivity index (χ1) is 7.74. The van der Waals surface area contributed by atoms with Crippen LogP contribution in [0.3, 0.4) is 0 Å². The van der Waals surface area contributed by atoms with Gasteiger partial charge in [0.1, 0.15) is 11.6 Å². The summed E-state index contributed by atoms with van der Waals surface area (Å²) in [7, 11) is 0. The second-order valence-corrected chi connectivity index (χ2v) is 4.84. The second kappa shape index (κ2) is 5.14. The molecule has 3 N–H and O–H groups in total. The van der Waals surface area contributed by atoms with Crippen LogP contribution >= 0.6 is 0 Å². The Morgan fingerprint density at radius 2 is 2.06 bits per heavy atom. The molecule has 16 heavy (non-hydrogen) atoms. The number of rotatable bonds is 3. The molecule has 0 spiro atoms. The molecule has 1 aromatic rings. The van der Waals surface area contributed by atoms with Crippen molar-refractivity contribution in [2.45, 2.75) is 32.6 Å². The van der Waals surface area contributed by atoms with Gasteiger partial charge in [0.15, 0.2) is 0 Å². The topological polar surface area (TPSA) is 63.8 Å². The lowest BCUT2D eigenvalue weighted by Gasteiger charge is -2.26. The molecule has 1 fully saturated rings. The van der Waals surface area contributed by atoms with Crippen LogP contribution in [-0.4, -0.2) is 16.5 Å². The molecule has 0 saturated heterocycles. The van der Waals surface area contributed by atoms with Gasteiger partial charge in [-0.1, -0.05) is 19.8 Å². The summed E-state index contributed by atoms with van der Waals surface area (Å²) >= 11 is 0. The number of nitrogens with one attached hydrogen (secondary N) is 1. The summed E-state index contributed by atoms with van der Waals surface area (Å²) in [5.74, 6) is 2.95. The van der Waals surface area contributed by atoms with Crippen molar-refractivity contribution < 1.29 is 0 Å². The first-order valence-corrected chi connectivity index (χ1v) is 6.05. The average molecular weight is 220 g/mol. The van der Waals surface area contributed by atoms with Gasteiger partial charge in [0.25, 0.3) is 0 Å².